The van der Waals surface area contributed by atoms with Crippen LogP contribution >= 0.6 is 11.3 Å². The van der Waals surface area contributed by atoms with Crippen molar-refractivity contribution >= 4 is 17.3 Å². The molecule has 4 atom stereocenters. The molecule has 6 heteroatoms. The number of hydrogen-bond donors (Lipinski definition) is 1. The maximum absolute atomic E-state index is 6.08. The third-order valence-electron chi connectivity index (χ3n) is 5.96. The molecule has 3 aliphatic heterocycles. The van der Waals surface area contributed by atoms with Gasteiger partial charge >= 0.3 is 0 Å². The fourth-order valence-electron chi connectivity index (χ4n) is 4.74. The highest BCUT2D eigenvalue weighted by Gasteiger charge is 2.53. The molecule has 1 N–H and O–H groups in total. The van der Waals surface area contributed by atoms with Crippen molar-refractivity contribution in [1.29, 1.82) is 0 Å². The predicted molar refractivity (Wildman–Crippen MR) is 104 cm³/mol. The molecular weight excluding hydrogens is 344 g/mol. The van der Waals surface area contributed by atoms with Gasteiger partial charge in [-0.2, -0.15) is 0 Å². The van der Waals surface area contributed by atoms with Gasteiger partial charge in [-0.25, -0.2) is 4.98 Å². The minimum atomic E-state index is 0.486. The number of guanidine groups is 1. The molecule has 1 aromatic heterocycles. The summed E-state index contributed by atoms with van der Waals surface area (Å²) in [5.41, 5.74) is 2.24. The zero-order valence-electron chi connectivity index (χ0n) is 15.0. The average molecular weight is 369 g/mol. The van der Waals surface area contributed by atoms with Gasteiger partial charge in [-0.05, 0) is 12.8 Å². The van der Waals surface area contributed by atoms with E-state index in [0.29, 0.717) is 30.6 Å². The Balaban J connectivity index is 1.22. The highest BCUT2D eigenvalue weighted by molar-refractivity contribution is 7.13. The van der Waals surface area contributed by atoms with Crippen molar-refractivity contribution in [2.75, 3.05) is 20.1 Å². The first-order valence-corrected chi connectivity index (χ1v) is 10.3. The van der Waals surface area contributed by atoms with Crippen LogP contribution in [0.2, 0.25) is 0 Å². The number of benzene rings is 1. The number of nitrogens with zero attached hydrogens (tertiary/aromatic N) is 3. The van der Waals surface area contributed by atoms with Gasteiger partial charge in [0.25, 0.3) is 0 Å². The molecule has 0 spiro atoms. The Morgan fingerprint density at radius 2 is 1.96 bits per heavy atom. The Morgan fingerprint density at radius 3 is 2.65 bits per heavy atom. The Bertz CT molecular complexity index is 787. The number of hydrogen-bond acceptors (Lipinski definition) is 4. The molecule has 0 amide bonds. The van der Waals surface area contributed by atoms with E-state index in [-0.39, 0.29) is 0 Å². The number of nitrogens with one attached hydrogen (secondary N) is 1. The lowest BCUT2D eigenvalue weighted by atomic mass is 9.82. The summed E-state index contributed by atoms with van der Waals surface area (Å²) in [4.78, 5) is 11.7. The van der Waals surface area contributed by atoms with Crippen LogP contribution < -0.4 is 5.32 Å². The second-order valence-electron chi connectivity index (χ2n) is 7.43. The van der Waals surface area contributed by atoms with Crippen LogP contribution in [0, 0.1) is 11.8 Å². The zero-order valence-corrected chi connectivity index (χ0v) is 15.8. The van der Waals surface area contributed by atoms with Gasteiger partial charge in [-0.15, -0.1) is 11.3 Å². The zero-order chi connectivity index (χ0) is 17.5. The number of ether oxygens (including phenoxy) is 1. The number of aromatic nitrogens is 1. The third-order valence-corrected chi connectivity index (χ3v) is 6.90. The van der Waals surface area contributed by atoms with Crippen LogP contribution in [0.5, 0.6) is 0 Å². The Morgan fingerprint density at radius 1 is 1.23 bits per heavy atom. The molecule has 0 aliphatic carbocycles. The lowest BCUT2D eigenvalue weighted by molar-refractivity contribution is 0.0767. The normalized spacial score (nSPS) is 30.0. The molecule has 0 saturated carbocycles. The number of aliphatic imine (C=N–C) groups is 1. The SMILES string of the molecule is CN=C(NCc1csc(-c2ccccc2)n1)N1CC2C3CCC(O3)C2C1. The van der Waals surface area contributed by atoms with E-state index in [1.807, 2.05) is 13.1 Å². The van der Waals surface area contributed by atoms with Crippen LogP contribution in [-0.2, 0) is 11.3 Å². The topological polar surface area (TPSA) is 49.8 Å². The molecule has 4 unspecified atom stereocenters. The molecule has 3 saturated heterocycles. The van der Waals surface area contributed by atoms with Gasteiger partial charge in [0.05, 0.1) is 24.4 Å². The molecule has 26 heavy (non-hydrogen) atoms. The van der Waals surface area contributed by atoms with E-state index in [2.05, 4.69) is 44.9 Å². The Labute approximate surface area is 158 Å². The molecule has 3 fully saturated rings. The van der Waals surface area contributed by atoms with E-state index in [1.54, 1.807) is 11.3 Å². The second kappa shape index (κ2) is 6.67. The molecule has 1 aromatic carbocycles. The van der Waals surface area contributed by atoms with Crippen LogP contribution in [0.3, 0.4) is 0 Å². The lowest BCUT2D eigenvalue weighted by Crippen LogP contribution is -2.41. The first kappa shape index (κ1) is 16.3. The number of thiazole rings is 1. The van der Waals surface area contributed by atoms with Crippen LogP contribution in [0.4, 0.5) is 0 Å². The standard InChI is InChI=1S/C20H24N4OS/c1-21-20(24-10-15-16(11-24)18-8-7-17(15)25-18)22-9-14-12-26-19(23-14)13-5-3-2-4-6-13/h2-6,12,15-18H,7-11H2,1H3,(H,21,22). The van der Waals surface area contributed by atoms with Gasteiger partial charge in [0, 0.05) is 42.9 Å². The molecule has 4 heterocycles. The minimum Gasteiger partial charge on any atom is -0.374 e. The summed E-state index contributed by atoms with van der Waals surface area (Å²) in [7, 11) is 1.87. The van der Waals surface area contributed by atoms with Gasteiger partial charge < -0.3 is 15.0 Å². The minimum absolute atomic E-state index is 0.486. The summed E-state index contributed by atoms with van der Waals surface area (Å²) in [5, 5.41) is 6.72. The number of rotatable bonds is 3. The summed E-state index contributed by atoms with van der Waals surface area (Å²) >= 11 is 1.70. The molecule has 136 valence electrons. The van der Waals surface area contributed by atoms with Crippen molar-refractivity contribution in [2.45, 2.75) is 31.6 Å². The van der Waals surface area contributed by atoms with E-state index < -0.39 is 0 Å². The molecule has 5 nitrogen and oxygen atoms in total. The summed E-state index contributed by atoms with van der Waals surface area (Å²) in [5.74, 6) is 2.38. The van der Waals surface area contributed by atoms with Gasteiger partial charge in [0.15, 0.2) is 5.96 Å². The highest BCUT2D eigenvalue weighted by Crippen LogP contribution is 2.47. The molecular formula is C20H24N4OS. The van der Waals surface area contributed by atoms with E-state index in [1.165, 1.54) is 18.4 Å². The lowest BCUT2D eigenvalue weighted by Gasteiger charge is -2.23. The molecule has 3 aliphatic rings. The van der Waals surface area contributed by atoms with Crippen LogP contribution in [0.1, 0.15) is 18.5 Å². The van der Waals surface area contributed by atoms with Gasteiger partial charge in [-0.3, -0.25) is 4.99 Å². The first-order valence-electron chi connectivity index (χ1n) is 9.42. The fraction of sp³-hybridized carbons (Fsp3) is 0.500. The van der Waals surface area contributed by atoms with Crippen molar-refractivity contribution in [2.24, 2.45) is 16.8 Å². The summed E-state index contributed by atoms with van der Waals surface area (Å²) in [6.07, 6.45) is 3.46. The van der Waals surface area contributed by atoms with Crippen molar-refractivity contribution in [3.8, 4) is 10.6 Å². The van der Waals surface area contributed by atoms with E-state index in [4.69, 9.17) is 9.72 Å². The second-order valence-corrected chi connectivity index (χ2v) is 8.29. The Kier molecular flexibility index (Phi) is 4.17. The van der Waals surface area contributed by atoms with Gasteiger partial charge in [0.2, 0.25) is 0 Å². The van der Waals surface area contributed by atoms with Gasteiger partial charge in [-0.1, -0.05) is 30.3 Å². The smallest absolute Gasteiger partial charge is 0.193 e. The fourth-order valence-corrected chi connectivity index (χ4v) is 5.56. The highest BCUT2D eigenvalue weighted by atomic mass is 32.1. The number of fused-ring (bicyclic) bond motifs is 5. The maximum Gasteiger partial charge on any atom is 0.193 e. The van der Waals surface area contributed by atoms with E-state index in [9.17, 15) is 0 Å². The van der Waals surface area contributed by atoms with Crippen LogP contribution in [-0.4, -0.2) is 48.2 Å². The molecule has 0 radical (unpaired) electrons. The first-order chi connectivity index (χ1) is 12.8. The van der Waals surface area contributed by atoms with Crippen molar-refractivity contribution in [1.82, 2.24) is 15.2 Å². The van der Waals surface area contributed by atoms with E-state index in [0.717, 1.165) is 29.8 Å². The predicted octanol–water partition coefficient (Wildman–Crippen LogP) is 2.99. The van der Waals surface area contributed by atoms with Crippen molar-refractivity contribution in [3.05, 3.63) is 41.4 Å². The number of likely N-dealkylation sites (tertiary alicyclic amines) is 1. The molecule has 5 rings (SSSR count). The van der Waals surface area contributed by atoms with Crippen molar-refractivity contribution < 1.29 is 4.74 Å². The summed E-state index contributed by atoms with van der Waals surface area (Å²) < 4.78 is 6.08. The monoisotopic (exact) mass is 368 g/mol. The largest absolute Gasteiger partial charge is 0.374 e. The average Bonchev–Trinajstić information content (AvgIpc) is 3.44. The quantitative estimate of drug-likeness (QED) is 0.668. The maximum atomic E-state index is 6.08. The summed E-state index contributed by atoms with van der Waals surface area (Å²) in [6.45, 7) is 2.85. The Hall–Kier alpha value is -1.92. The summed E-state index contributed by atoms with van der Waals surface area (Å²) in [6, 6.07) is 10.4. The van der Waals surface area contributed by atoms with Crippen LogP contribution in [0.25, 0.3) is 10.6 Å². The molecule has 2 aromatic rings. The van der Waals surface area contributed by atoms with Crippen molar-refractivity contribution in [3.63, 3.8) is 0 Å². The van der Waals surface area contributed by atoms with E-state index >= 15 is 0 Å². The third kappa shape index (κ3) is 2.81. The molecule has 2 bridgehead atoms. The van der Waals surface area contributed by atoms with Crippen LogP contribution in [0.15, 0.2) is 40.7 Å². The van der Waals surface area contributed by atoms with Gasteiger partial charge in [0.1, 0.15) is 5.01 Å².